The van der Waals surface area contributed by atoms with Crippen molar-refractivity contribution in [3.05, 3.63) is 78.5 Å². The molecule has 1 aliphatic rings. The number of aromatic nitrogens is 3. The second kappa shape index (κ2) is 8.71. The largest absolute Gasteiger partial charge is 0.368 e. The molecule has 0 radical (unpaired) electrons. The Kier molecular flexibility index (Phi) is 5.68. The van der Waals surface area contributed by atoms with Crippen LogP contribution in [0.5, 0.6) is 0 Å². The lowest BCUT2D eigenvalue weighted by atomic mass is 10.1. The Hall–Kier alpha value is -3.12. The van der Waals surface area contributed by atoms with Gasteiger partial charge in [-0.15, -0.1) is 0 Å². The zero-order valence-electron chi connectivity index (χ0n) is 15.6. The van der Waals surface area contributed by atoms with Gasteiger partial charge in [-0.1, -0.05) is 36.4 Å². The van der Waals surface area contributed by atoms with E-state index in [1.54, 1.807) is 12.4 Å². The van der Waals surface area contributed by atoms with Gasteiger partial charge in [0.1, 0.15) is 12.4 Å². The number of carbonyl (C=O) groups excluding carboxylic acids is 1. The highest BCUT2D eigenvalue weighted by atomic mass is 16.5. The molecule has 1 amide bonds. The van der Waals surface area contributed by atoms with E-state index in [-0.39, 0.29) is 12.0 Å². The van der Waals surface area contributed by atoms with Crippen molar-refractivity contribution in [1.82, 2.24) is 19.9 Å². The topological polar surface area (TPSA) is 68.2 Å². The normalized spacial score (nSPS) is 16.7. The van der Waals surface area contributed by atoms with Crippen LogP contribution in [0.4, 0.5) is 0 Å². The summed E-state index contributed by atoms with van der Waals surface area (Å²) in [6.45, 7) is 1.66. The van der Waals surface area contributed by atoms with Crippen LogP contribution >= 0.6 is 0 Å². The first-order chi connectivity index (χ1) is 13.8. The summed E-state index contributed by atoms with van der Waals surface area (Å²) in [6, 6.07) is 15.9. The number of nitrogens with zero attached hydrogens (tertiary/aromatic N) is 4. The number of hydrogen-bond acceptors (Lipinski definition) is 5. The number of morpholine rings is 1. The van der Waals surface area contributed by atoms with Gasteiger partial charge in [-0.3, -0.25) is 4.79 Å². The van der Waals surface area contributed by atoms with E-state index >= 15 is 0 Å². The van der Waals surface area contributed by atoms with Gasteiger partial charge in [-0.25, -0.2) is 15.0 Å². The number of amides is 1. The Morgan fingerprint density at radius 3 is 2.71 bits per heavy atom. The smallest absolute Gasteiger partial charge is 0.223 e. The minimum absolute atomic E-state index is 0.157. The van der Waals surface area contributed by atoms with Crippen LogP contribution in [0.25, 0.3) is 11.3 Å². The van der Waals surface area contributed by atoms with E-state index in [4.69, 9.17) is 9.72 Å². The first-order valence-corrected chi connectivity index (χ1v) is 9.45. The molecule has 3 heterocycles. The fourth-order valence-corrected chi connectivity index (χ4v) is 3.33. The lowest BCUT2D eigenvalue weighted by Crippen LogP contribution is -2.42. The van der Waals surface area contributed by atoms with Crippen LogP contribution in [0.2, 0.25) is 0 Å². The van der Waals surface area contributed by atoms with Gasteiger partial charge in [0.05, 0.1) is 24.5 Å². The van der Waals surface area contributed by atoms with E-state index in [2.05, 4.69) is 22.1 Å². The summed E-state index contributed by atoms with van der Waals surface area (Å²) in [6.07, 6.45) is 6.01. The van der Waals surface area contributed by atoms with E-state index in [1.807, 2.05) is 41.3 Å². The monoisotopic (exact) mass is 374 g/mol. The van der Waals surface area contributed by atoms with E-state index in [9.17, 15) is 4.79 Å². The van der Waals surface area contributed by atoms with Crippen LogP contribution < -0.4 is 0 Å². The zero-order chi connectivity index (χ0) is 19.2. The number of aryl methyl sites for hydroxylation is 1. The van der Waals surface area contributed by atoms with E-state index in [0.717, 1.165) is 23.4 Å². The number of carbonyl (C=O) groups is 1. The Morgan fingerprint density at radius 1 is 1.07 bits per heavy atom. The van der Waals surface area contributed by atoms with Crippen LogP contribution in [0.3, 0.4) is 0 Å². The van der Waals surface area contributed by atoms with Gasteiger partial charge in [0, 0.05) is 30.9 Å². The highest BCUT2D eigenvalue weighted by Crippen LogP contribution is 2.24. The first-order valence-electron chi connectivity index (χ1n) is 9.45. The number of rotatable bonds is 5. The summed E-state index contributed by atoms with van der Waals surface area (Å²) < 4.78 is 5.91. The standard InChI is InChI=1S/C22H22N4O2/c27-22(10-9-17-5-2-1-3-6-17)26-11-12-28-21(15-26)20-8-4-7-19(25-20)18-13-23-16-24-14-18/h1-8,13-14,16,21H,9-12,15H2/t21-/m1/s1. The molecule has 1 saturated heterocycles. The highest BCUT2D eigenvalue weighted by molar-refractivity contribution is 5.76. The maximum Gasteiger partial charge on any atom is 0.223 e. The third-order valence-electron chi connectivity index (χ3n) is 4.85. The molecular weight excluding hydrogens is 352 g/mol. The number of hydrogen-bond donors (Lipinski definition) is 0. The molecule has 0 unspecified atom stereocenters. The van der Waals surface area contributed by atoms with Crippen LogP contribution in [0, 0.1) is 0 Å². The van der Waals surface area contributed by atoms with Gasteiger partial charge in [0.25, 0.3) is 0 Å². The van der Waals surface area contributed by atoms with Crippen LogP contribution in [0.15, 0.2) is 67.3 Å². The third-order valence-corrected chi connectivity index (χ3v) is 4.85. The minimum Gasteiger partial charge on any atom is -0.368 e. The molecule has 142 valence electrons. The molecule has 0 aliphatic carbocycles. The van der Waals surface area contributed by atoms with Gasteiger partial charge in [-0.05, 0) is 24.1 Å². The number of ether oxygens (including phenoxy) is 1. The lowest BCUT2D eigenvalue weighted by Gasteiger charge is -2.33. The van der Waals surface area contributed by atoms with E-state index < -0.39 is 0 Å². The Morgan fingerprint density at radius 2 is 1.89 bits per heavy atom. The van der Waals surface area contributed by atoms with Gasteiger partial charge in [-0.2, -0.15) is 0 Å². The number of pyridine rings is 1. The molecule has 1 atom stereocenters. The summed E-state index contributed by atoms with van der Waals surface area (Å²) >= 11 is 0. The first kappa shape index (κ1) is 18.3. The zero-order valence-corrected chi connectivity index (χ0v) is 15.6. The molecule has 28 heavy (non-hydrogen) atoms. The van der Waals surface area contributed by atoms with Crippen molar-refractivity contribution in [2.45, 2.75) is 18.9 Å². The van der Waals surface area contributed by atoms with Gasteiger partial charge >= 0.3 is 0 Å². The molecule has 0 spiro atoms. The van der Waals surface area contributed by atoms with Crippen LogP contribution in [-0.4, -0.2) is 45.5 Å². The Bertz CT molecular complexity index is 918. The summed E-state index contributed by atoms with van der Waals surface area (Å²) in [4.78, 5) is 27.4. The maximum atomic E-state index is 12.7. The molecule has 1 aromatic carbocycles. The molecule has 6 heteroatoms. The molecule has 1 fully saturated rings. The van der Waals surface area contributed by atoms with Gasteiger partial charge in [0.15, 0.2) is 0 Å². The second-order valence-corrected chi connectivity index (χ2v) is 6.76. The van der Waals surface area contributed by atoms with Crippen molar-refractivity contribution in [3.63, 3.8) is 0 Å². The average molecular weight is 374 g/mol. The molecule has 1 aliphatic heterocycles. The highest BCUT2D eigenvalue weighted by Gasteiger charge is 2.26. The van der Waals surface area contributed by atoms with Crippen LogP contribution in [-0.2, 0) is 16.0 Å². The predicted octanol–water partition coefficient (Wildman–Crippen LogP) is 3.07. The lowest BCUT2D eigenvalue weighted by molar-refractivity contribution is -0.139. The molecule has 3 aromatic rings. The molecule has 0 bridgehead atoms. The summed E-state index contributed by atoms with van der Waals surface area (Å²) in [5.74, 6) is 0.157. The minimum atomic E-state index is -0.223. The Labute approximate surface area is 164 Å². The SMILES string of the molecule is O=C(CCc1ccccc1)N1CCO[C@@H](c2cccc(-c3cncnc3)n2)C1. The summed E-state index contributed by atoms with van der Waals surface area (Å²) in [7, 11) is 0. The second-order valence-electron chi connectivity index (χ2n) is 6.76. The van der Waals surface area contributed by atoms with Crippen LogP contribution in [0.1, 0.15) is 23.8 Å². The van der Waals surface area contributed by atoms with E-state index in [1.165, 1.54) is 11.9 Å². The average Bonchev–Trinajstić information content (AvgIpc) is 2.79. The van der Waals surface area contributed by atoms with Gasteiger partial charge in [0.2, 0.25) is 5.91 Å². The Balaban J connectivity index is 1.42. The predicted molar refractivity (Wildman–Crippen MR) is 105 cm³/mol. The molecule has 4 rings (SSSR count). The van der Waals surface area contributed by atoms with Crippen molar-refractivity contribution in [3.8, 4) is 11.3 Å². The van der Waals surface area contributed by atoms with Crippen molar-refractivity contribution >= 4 is 5.91 Å². The van der Waals surface area contributed by atoms with Crippen molar-refractivity contribution in [2.75, 3.05) is 19.7 Å². The fourth-order valence-electron chi connectivity index (χ4n) is 3.33. The molecular formula is C22H22N4O2. The molecule has 0 N–H and O–H groups in total. The fraction of sp³-hybridized carbons (Fsp3) is 0.273. The third kappa shape index (κ3) is 4.40. The quantitative estimate of drug-likeness (QED) is 0.687. The summed E-state index contributed by atoms with van der Waals surface area (Å²) in [5, 5.41) is 0. The van der Waals surface area contributed by atoms with Gasteiger partial charge < -0.3 is 9.64 Å². The molecule has 2 aromatic heterocycles. The molecule has 6 nitrogen and oxygen atoms in total. The maximum absolute atomic E-state index is 12.7. The number of benzene rings is 1. The van der Waals surface area contributed by atoms with Crippen molar-refractivity contribution in [2.24, 2.45) is 0 Å². The van der Waals surface area contributed by atoms with Crippen molar-refractivity contribution in [1.29, 1.82) is 0 Å². The van der Waals surface area contributed by atoms with Crippen molar-refractivity contribution < 1.29 is 9.53 Å². The van der Waals surface area contributed by atoms with E-state index in [0.29, 0.717) is 26.1 Å². The molecule has 0 saturated carbocycles. The summed E-state index contributed by atoms with van der Waals surface area (Å²) in [5.41, 5.74) is 3.66.